The number of fused-ring (bicyclic) bond motifs is 1. The number of carbonyl (C=O) groups is 2. The topological polar surface area (TPSA) is 111 Å². The first-order valence-corrected chi connectivity index (χ1v) is 13.6. The molecule has 0 radical (unpaired) electrons. The lowest BCUT2D eigenvalue weighted by atomic mass is 9.53. The SMILES string of the molecule is COc1ccc(C=O)c(OC2CC3(CC(NC(=O)c4cnn5c(C6CC6)c(OCC(C)(C)O)ccc45)C3)C2)c1. The molecule has 6 rings (SSSR count). The Balaban J connectivity index is 1.07. The molecule has 1 amide bonds. The van der Waals surface area contributed by atoms with Crippen molar-refractivity contribution >= 4 is 17.7 Å². The van der Waals surface area contributed by atoms with Crippen LogP contribution in [0.15, 0.2) is 36.5 Å². The number of nitrogens with zero attached hydrogens (tertiary/aromatic N) is 2. The first-order valence-electron chi connectivity index (χ1n) is 13.6. The predicted octanol–water partition coefficient (Wildman–Crippen LogP) is 4.30. The predicted molar refractivity (Wildman–Crippen MR) is 144 cm³/mol. The van der Waals surface area contributed by atoms with Crippen LogP contribution < -0.4 is 19.5 Å². The van der Waals surface area contributed by atoms with Gasteiger partial charge >= 0.3 is 0 Å². The maximum Gasteiger partial charge on any atom is 0.255 e. The minimum absolute atomic E-state index is 0.0562. The van der Waals surface area contributed by atoms with Gasteiger partial charge in [0.2, 0.25) is 0 Å². The van der Waals surface area contributed by atoms with Gasteiger partial charge in [0.25, 0.3) is 5.91 Å². The van der Waals surface area contributed by atoms with Gasteiger partial charge in [0.15, 0.2) is 6.29 Å². The number of amides is 1. The minimum Gasteiger partial charge on any atom is -0.497 e. The van der Waals surface area contributed by atoms with Crippen molar-refractivity contribution in [2.24, 2.45) is 5.41 Å². The Kier molecular flexibility index (Phi) is 6.29. The van der Waals surface area contributed by atoms with E-state index in [1.54, 1.807) is 45.4 Å². The van der Waals surface area contributed by atoms with Crippen LogP contribution in [0.25, 0.3) is 5.52 Å². The molecule has 0 unspecified atom stereocenters. The summed E-state index contributed by atoms with van der Waals surface area (Å²) in [5.41, 5.74) is 2.06. The summed E-state index contributed by atoms with van der Waals surface area (Å²) in [7, 11) is 1.59. The third-order valence-electron chi connectivity index (χ3n) is 8.13. The molecule has 1 spiro atoms. The van der Waals surface area contributed by atoms with Crippen molar-refractivity contribution in [1.82, 2.24) is 14.9 Å². The van der Waals surface area contributed by atoms with Crippen LogP contribution in [0.4, 0.5) is 0 Å². The van der Waals surface area contributed by atoms with Crippen LogP contribution >= 0.6 is 0 Å². The molecular formula is C30H35N3O6. The lowest BCUT2D eigenvalue weighted by Gasteiger charge is -2.57. The van der Waals surface area contributed by atoms with Gasteiger partial charge in [-0.25, -0.2) is 4.52 Å². The Labute approximate surface area is 227 Å². The van der Waals surface area contributed by atoms with E-state index in [1.165, 1.54) is 0 Å². The van der Waals surface area contributed by atoms with Crippen LogP contribution in [-0.2, 0) is 0 Å². The molecule has 2 heterocycles. The molecule has 0 saturated heterocycles. The summed E-state index contributed by atoms with van der Waals surface area (Å²) in [5.74, 6) is 2.16. The molecule has 3 aliphatic carbocycles. The number of aldehydes is 1. The quantitative estimate of drug-likeness (QED) is 0.374. The molecule has 9 nitrogen and oxygen atoms in total. The molecule has 39 heavy (non-hydrogen) atoms. The zero-order valence-corrected chi connectivity index (χ0v) is 22.6. The monoisotopic (exact) mass is 533 g/mol. The minimum atomic E-state index is -0.939. The molecule has 0 bridgehead atoms. The summed E-state index contributed by atoms with van der Waals surface area (Å²) in [6, 6.07) is 9.09. The van der Waals surface area contributed by atoms with Crippen molar-refractivity contribution in [3.8, 4) is 17.2 Å². The van der Waals surface area contributed by atoms with E-state index in [4.69, 9.17) is 14.2 Å². The van der Waals surface area contributed by atoms with Gasteiger partial charge < -0.3 is 24.6 Å². The second kappa shape index (κ2) is 9.55. The molecule has 3 aromatic rings. The molecule has 0 atom stereocenters. The second-order valence-electron chi connectivity index (χ2n) is 12.1. The summed E-state index contributed by atoms with van der Waals surface area (Å²) >= 11 is 0. The van der Waals surface area contributed by atoms with Gasteiger partial charge in [-0.1, -0.05) is 0 Å². The van der Waals surface area contributed by atoms with Gasteiger partial charge in [-0.3, -0.25) is 9.59 Å². The average Bonchev–Trinajstić information content (AvgIpc) is 3.61. The van der Waals surface area contributed by atoms with Gasteiger partial charge in [-0.2, -0.15) is 5.10 Å². The highest BCUT2D eigenvalue weighted by Crippen LogP contribution is 2.57. The first-order chi connectivity index (χ1) is 18.7. The number of ether oxygens (including phenoxy) is 3. The van der Waals surface area contributed by atoms with E-state index in [9.17, 15) is 14.7 Å². The van der Waals surface area contributed by atoms with Crippen molar-refractivity contribution in [3.05, 3.63) is 53.3 Å². The first kappa shape index (κ1) is 25.7. The van der Waals surface area contributed by atoms with E-state index in [0.29, 0.717) is 34.3 Å². The van der Waals surface area contributed by atoms with E-state index in [1.807, 2.05) is 16.6 Å². The largest absolute Gasteiger partial charge is 0.497 e. The number of pyridine rings is 1. The van der Waals surface area contributed by atoms with E-state index in [-0.39, 0.29) is 30.1 Å². The summed E-state index contributed by atoms with van der Waals surface area (Å²) in [5, 5.41) is 17.8. The molecular weight excluding hydrogens is 498 g/mol. The molecule has 1 aromatic carbocycles. The molecule has 2 aromatic heterocycles. The van der Waals surface area contributed by atoms with Crippen LogP contribution in [0.1, 0.15) is 84.7 Å². The number of hydrogen-bond donors (Lipinski definition) is 2. The fraction of sp³-hybridized carbons (Fsp3) is 0.500. The maximum atomic E-state index is 13.2. The Hall–Kier alpha value is -3.59. The van der Waals surface area contributed by atoms with Gasteiger partial charge in [0, 0.05) is 18.0 Å². The van der Waals surface area contributed by atoms with Crippen molar-refractivity contribution in [3.63, 3.8) is 0 Å². The molecule has 9 heteroatoms. The lowest BCUT2D eigenvalue weighted by Crippen LogP contribution is -2.58. The number of aliphatic hydroxyl groups is 1. The highest BCUT2D eigenvalue weighted by molar-refractivity contribution is 6.01. The summed E-state index contributed by atoms with van der Waals surface area (Å²) < 4.78 is 19.1. The zero-order chi connectivity index (χ0) is 27.4. The fourth-order valence-corrected chi connectivity index (χ4v) is 6.03. The Morgan fingerprint density at radius 1 is 1.18 bits per heavy atom. The van der Waals surface area contributed by atoms with Crippen molar-refractivity contribution in [2.45, 2.75) is 76.0 Å². The number of rotatable bonds is 10. The number of aromatic nitrogens is 2. The van der Waals surface area contributed by atoms with Crippen molar-refractivity contribution in [2.75, 3.05) is 13.7 Å². The number of methoxy groups -OCH3 is 1. The normalized spacial score (nSPS) is 24.1. The highest BCUT2D eigenvalue weighted by atomic mass is 16.5. The van der Waals surface area contributed by atoms with E-state index in [2.05, 4.69) is 10.4 Å². The Morgan fingerprint density at radius 3 is 2.62 bits per heavy atom. The van der Waals surface area contributed by atoms with Gasteiger partial charge in [-0.15, -0.1) is 0 Å². The van der Waals surface area contributed by atoms with Gasteiger partial charge in [-0.05, 0) is 82.1 Å². The number of hydrogen-bond acceptors (Lipinski definition) is 7. The van der Waals surface area contributed by atoms with Crippen molar-refractivity contribution in [1.29, 1.82) is 0 Å². The summed E-state index contributed by atoms with van der Waals surface area (Å²) in [4.78, 5) is 24.6. The number of nitrogens with one attached hydrogen (secondary N) is 1. The van der Waals surface area contributed by atoms with Crippen LogP contribution in [0.5, 0.6) is 17.2 Å². The second-order valence-corrected chi connectivity index (χ2v) is 12.1. The highest BCUT2D eigenvalue weighted by Gasteiger charge is 2.54. The Bertz CT molecular complexity index is 1410. The Morgan fingerprint density at radius 2 is 1.95 bits per heavy atom. The third kappa shape index (κ3) is 5.07. The summed E-state index contributed by atoms with van der Waals surface area (Å²) in [6.45, 7) is 3.61. The average molecular weight is 534 g/mol. The molecule has 2 N–H and O–H groups in total. The van der Waals surface area contributed by atoms with E-state index >= 15 is 0 Å². The van der Waals surface area contributed by atoms with Crippen LogP contribution in [0.2, 0.25) is 0 Å². The third-order valence-corrected chi connectivity index (χ3v) is 8.13. The van der Waals surface area contributed by atoms with Crippen molar-refractivity contribution < 1.29 is 28.9 Å². The fourth-order valence-electron chi connectivity index (χ4n) is 6.03. The number of benzene rings is 1. The standard InChI is InChI=1S/C30H35N3O6/c1-29(2,36)17-38-25-9-8-24-23(15-31-33(24)27(25)18-4-5-18)28(35)32-20-11-30(12-20)13-22(14-30)39-26-10-21(37-3)7-6-19(26)16-34/h6-10,15-16,18,20,22,36H,4-5,11-14,17H2,1-3H3,(H,32,35). The molecule has 3 fully saturated rings. The lowest BCUT2D eigenvalue weighted by molar-refractivity contribution is -0.0834. The number of carbonyl (C=O) groups excluding carboxylic acids is 2. The van der Waals surface area contributed by atoms with Crippen LogP contribution in [0, 0.1) is 5.41 Å². The zero-order valence-electron chi connectivity index (χ0n) is 22.6. The van der Waals surface area contributed by atoms with E-state index in [0.717, 1.165) is 56.0 Å². The molecule has 3 saturated carbocycles. The van der Waals surface area contributed by atoms with Crippen LogP contribution in [-0.4, -0.2) is 58.4 Å². The summed E-state index contributed by atoms with van der Waals surface area (Å²) in [6.07, 6.45) is 8.25. The van der Waals surface area contributed by atoms with Crippen LogP contribution in [0.3, 0.4) is 0 Å². The molecule has 206 valence electrons. The smallest absolute Gasteiger partial charge is 0.255 e. The molecule has 0 aliphatic heterocycles. The van der Waals surface area contributed by atoms with Gasteiger partial charge in [0.05, 0.1) is 47.3 Å². The maximum absolute atomic E-state index is 13.2. The van der Waals surface area contributed by atoms with Gasteiger partial charge in [0.1, 0.15) is 23.9 Å². The van der Waals surface area contributed by atoms with E-state index < -0.39 is 5.60 Å². The molecule has 3 aliphatic rings.